The van der Waals surface area contributed by atoms with Gasteiger partial charge in [0.25, 0.3) is 0 Å². The zero-order valence-electron chi connectivity index (χ0n) is 9.47. The highest BCUT2D eigenvalue weighted by Crippen LogP contribution is 2.32. The van der Waals surface area contributed by atoms with Crippen LogP contribution in [0.2, 0.25) is 0 Å². The van der Waals surface area contributed by atoms with E-state index in [2.05, 4.69) is 31.3 Å². The molecule has 1 aliphatic carbocycles. The molecule has 78 valence electrons. The highest BCUT2D eigenvalue weighted by Gasteiger charge is 2.29. The Morgan fingerprint density at radius 1 is 1.08 bits per heavy atom. The van der Waals surface area contributed by atoms with Gasteiger partial charge in [-0.3, -0.25) is 0 Å². The van der Waals surface area contributed by atoms with Crippen molar-refractivity contribution in [3.8, 4) is 0 Å². The summed E-state index contributed by atoms with van der Waals surface area (Å²) in [5, 5.41) is 0. The smallest absolute Gasteiger partial charge is 0.0232 e. The Labute approximate surface area is 87.4 Å². The fraction of sp³-hybridized carbons (Fsp3) is 1.00. The van der Waals surface area contributed by atoms with E-state index in [1.165, 1.54) is 32.1 Å². The molecule has 1 aliphatic rings. The minimum absolute atomic E-state index is 0.321. The van der Waals surface area contributed by atoms with Gasteiger partial charge in [-0.25, -0.2) is 4.31 Å². The van der Waals surface area contributed by atoms with Crippen LogP contribution in [0.4, 0.5) is 0 Å². The van der Waals surface area contributed by atoms with Crippen LogP contribution in [0, 0.1) is 0 Å². The lowest BCUT2D eigenvalue weighted by molar-refractivity contribution is 0.173. The van der Waals surface area contributed by atoms with E-state index in [0.29, 0.717) is 5.54 Å². The lowest BCUT2D eigenvalue weighted by Gasteiger charge is -2.41. The summed E-state index contributed by atoms with van der Waals surface area (Å²) in [6.07, 6.45) is 9.31. The Morgan fingerprint density at radius 3 is 2.00 bits per heavy atom. The second kappa shape index (κ2) is 4.70. The van der Waals surface area contributed by atoms with Crippen LogP contribution in [-0.4, -0.2) is 22.1 Å². The van der Waals surface area contributed by atoms with Crippen molar-refractivity contribution in [2.75, 3.05) is 6.26 Å². The summed E-state index contributed by atoms with van der Waals surface area (Å²) in [4.78, 5) is 0. The van der Waals surface area contributed by atoms with Crippen LogP contribution in [0.3, 0.4) is 0 Å². The van der Waals surface area contributed by atoms with Crippen LogP contribution in [0.15, 0.2) is 0 Å². The first kappa shape index (κ1) is 11.4. The predicted molar refractivity (Wildman–Crippen MR) is 62.0 cm³/mol. The molecule has 0 aromatic rings. The van der Waals surface area contributed by atoms with Crippen molar-refractivity contribution in [1.82, 2.24) is 4.31 Å². The SMILES string of the molecule is CSN(C1CCCCC1)C(C)(C)C. The molecular weight excluding hydrogens is 178 g/mol. The van der Waals surface area contributed by atoms with Gasteiger partial charge in [0.05, 0.1) is 0 Å². The highest BCUT2D eigenvalue weighted by molar-refractivity contribution is 7.96. The van der Waals surface area contributed by atoms with Gasteiger partial charge in [0.2, 0.25) is 0 Å². The monoisotopic (exact) mass is 201 g/mol. The quantitative estimate of drug-likeness (QED) is 0.627. The van der Waals surface area contributed by atoms with Gasteiger partial charge in [0.15, 0.2) is 0 Å². The Morgan fingerprint density at radius 2 is 1.62 bits per heavy atom. The normalized spacial score (nSPS) is 21.0. The van der Waals surface area contributed by atoms with Crippen LogP contribution >= 0.6 is 11.9 Å². The van der Waals surface area contributed by atoms with Crippen molar-refractivity contribution in [3.63, 3.8) is 0 Å². The molecule has 2 heteroatoms. The third kappa shape index (κ3) is 3.17. The van der Waals surface area contributed by atoms with Crippen molar-refractivity contribution < 1.29 is 0 Å². The Kier molecular flexibility index (Phi) is 4.11. The summed E-state index contributed by atoms with van der Waals surface area (Å²) in [5.41, 5.74) is 0.321. The average molecular weight is 201 g/mol. The third-order valence-electron chi connectivity index (χ3n) is 2.76. The molecule has 0 atom stereocenters. The maximum absolute atomic E-state index is 2.59. The molecule has 0 N–H and O–H groups in total. The van der Waals surface area contributed by atoms with Gasteiger partial charge in [-0.05, 0) is 39.9 Å². The fourth-order valence-corrected chi connectivity index (χ4v) is 3.34. The predicted octanol–water partition coefficient (Wildman–Crippen LogP) is 3.70. The largest absolute Gasteiger partial charge is 0.242 e. The number of hydrogen-bond donors (Lipinski definition) is 0. The number of rotatable bonds is 2. The molecule has 0 aliphatic heterocycles. The third-order valence-corrected chi connectivity index (χ3v) is 4.00. The van der Waals surface area contributed by atoms with Crippen molar-refractivity contribution in [1.29, 1.82) is 0 Å². The number of hydrogen-bond acceptors (Lipinski definition) is 2. The van der Waals surface area contributed by atoms with Crippen LogP contribution < -0.4 is 0 Å². The number of nitrogens with zero attached hydrogens (tertiary/aromatic N) is 1. The van der Waals surface area contributed by atoms with Crippen molar-refractivity contribution in [3.05, 3.63) is 0 Å². The molecule has 1 nitrogen and oxygen atoms in total. The van der Waals surface area contributed by atoms with Gasteiger partial charge >= 0.3 is 0 Å². The lowest BCUT2D eigenvalue weighted by Crippen LogP contribution is -2.44. The minimum atomic E-state index is 0.321. The lowest BCUT2D eigenvalue weighted by atomic mass is 9.93. The first-order chi connectivity index (χ1) is 6.05. The van der Waals surface area contributed by atoms with Crippen LogP contribution in [0.5, 0.6) is 0 Å². The molecule has 0 saturated heterocycles. The van der Waals surface area contributed by atoms with Crippen molar-refractivity contribution in [2.24, 2.45) is 0 Å². The van der Waals surface area contributed by atoms with E-state index in [-0.39, 0.29) is 0 Å². The molecular formula is C11H23NS. The molecule has 0 heterocycles. The summed E-state index contributed by atoms with van der Waals surface area (Å²) in [6, 6.07) is 0.823. The standard InChI is InChI=1S/C11H23NS/c1-11(2,3)12(13-4)10-8-6-5-7-9-10/h10H,5-9H2,1-4H3. The summed E-state index contributed by atoms with van der Waals surface area (Å²) in [5.74, 6) is 0. The van der Waals surface area contributed by atoms with Crippen LogP contribution in [0.1, 0.15) is 52.9 Å². The molecule has 0 amide bonds. The first-order valence-corrected chi connectivity index (χ1v) is 6.57. The molecule has 1 rings (SSSR count). The molecule has 0 aromatic carbocycles. The van der Waals surface area contributed by atoms with E-state index < -0.39 is 0 Å². The Hall–Kier alpha value is 0.310. The molecule has 0 aromatic heterocycles. The average Bonchev–Trinajstić information content (AvgIpc) is 2.05. The van der Waals surface area contributed by atoms with E-state index in [0.717, 1.165) is 6.04 Å². The fourth-order valence-electron chi connectivity index (χ4n) is 2.29. The molecule has 0 radical (unpaired) electrons. The van der Waals surface area contributed by atoms with Gasteiger partial charge in [-0.1, -0.05) is 31.2 Å². The first-order valence-electron chi connectivity index (χ1n) is 5.39. The van der Waals surface area contributed by atoms with Gasteiger partial charge < -0.3 is 0 Å². The maximum Gasteiger partial charge on any atom is 0.0232 e. The Bertz CT molecular complexity index is 145. The van der Waals surface area contributed by atoms with E-state index in [9.17, 15) is 0 Å². The zero-order chi connectivity index (χ0) is 9.90. The molecule has 13 heavy (non-hydrogen) atoms. The summed E-state index contributed by atoms with van der Waals surface area (Å²) < 4.78 is 2.59. The highest BCUT2D eigenvalue weighted by atomic mass is 32.2. The van der Waals surface area contributed by atoms with Gasteiger partial charge in [0, 0.05) is 11.6 Å². The molecule has 0 bridgehead atoms. The zero-order valence-corrected chi connectivity index (χ0v) is 10.3. The van der Waals surface area contributed by atoms with Crippen molar-refractivity contribution in [2.45, 2.75) is 64.5 Å². The van der Waals surface area contributed by atoms with Crippen LogP contribution in [-0.2, 0) is 0 Å². The molecule has 1 fully saturated rings. The second-order valence-electron chi connectivity index (χ2n) is 4.97. The van der Waals surface area contributed by atoms with Crippen LogP contribution in [0.25, 0.3) is 0 Å². The maximum atomic E-state index is 2.59. The Balaban J connectivity index is 2.54. The van der Waals surface area contributed by atoms with E-state index in [1.807, 2.05) is 11.9 Å². The molecule has 1 saturated carbocycles. The van der Waals surface area contributed by atoms with Gasteiger partial charge in [0.1, 0.15) is 0 Å². The summed E-state index contributed by atoms with van der Waals surface area (Å²) in [7, 11) is 0. The van der Waals surface area contributed by atoms with E-state index >= 15 is 0 Å². The molecule has 0 spiro atoms. The van der Waals surface area contributed by atoms with Gasteiger partial charge in [-0.2, -0.15) is 0 Å². The second-order valence-corrected chi connectivity index (χ2v) is 5.73. The minimum Gasteiger partial charge on any atom is -0.242 e. The summed E-state index contributed by atoms with van der Waals surface area (Å²) in [6.45, 7) is 6.95. The van der Waals surface area contributed by atoms with Crippen molar-refractivity contribution >= 4 is 11.9 Å². The van der Waals surface area contributed by atoms with E-state index in [1.54, 1.807) is 0 Å². The topological polar surface area (TPSA) is 3.24 Å². The molecule has 0 unspecified atom stereocenters. The van der Waals surface area contributed by atoms with E-state index in [4.69, 9.17) is 0 Å². The summed E-state index contributed by atoms with van der Waals surface area (Å²) >= 11 is 1.92. The van der Waals surface area contributed by atoms with Gasteiger partial charge in [-0.15, -0.1) is 0 Å².